The van der Waals surface area contributed by atoms with Crippen LogP contribution in [0.4, 0.5) is 10.5 Å². The minimum atomic E-state index is -3.69. The second-order valence-electron chi connectivity index (χ2n) is 5.73. The van der Waals surface area contributed by atoms with Gasteiger partial charge in [-0.2, -0.15) is 8.42 Å². The van der Waals surface area contributed by atoms with Gasteiger partial charge in [-0.3, -0.25) is 4.79 Å². The van der Waals surface area contributed by atoms with Crippen molar-refractivity contribution in [1.29, 1.82) is 0 Å². The SMILES string of the molecule is CS(=O)(=O)Oc1ccc2c(NC(N)=O)c(C(=O)C3CCC3)oc2c1. The number of ketones is 1. The molecule has 1 aliphatic rings. The molecule has 24 heavy (non-hydrogen) atoms. The molecule has 2 amide bonds. The van der Waals surface area contributed by atoms with Crippen molar-refractivity contribution in [3.63, 3.8) is 0 Å². The smallest absolute Gasteiger partial charge is 0.316 e. The average Bonchev–Trinajstić information content (AvgIpc) is 2.72. The highest BCUT2D eigenvalue weighted by Gasteiger charge is 2.32. The second kappa shape index (κ2) is 5.82. The lowest BCUT2D eigenvalue weighted by Crippen LogP contribution is -2.24. The third-order valence-electron chi connectivity index (χ3n) is 3.86. The standard InChI is InChI=1S/C15H16N2O6S/c1-24(20,21)23-9-5-6-10-11(7-9)22-14(12(10)17-15(16)19)13(18)8-3-2-4-8/h5-8H,2-4H2,1H3,(H3,16,17,19). The molecule has 128 valence electrons. The molecule has 1 aliphatic carbocycles. The Morgan fingerprint density at radius 1 is 1.33 bits per heavy atom. The van der Waals surface area contributed by atoms with E-state index in [-0.39, 0.29) is 34.5 Å². The Kier molecular flexibility index (Phi) is 3.96. The van der Waals surface area contributed by atoms with Crippen LogP contribution < -0.4 is 15.2 Å². The van der Waals surface area contributed by atoms with Crippen molar-refractivity contribution >= 4 is 38.6 Å². The Hall–Kier alpha value is -2.55. The van der Waals surface area contributed by atoms with Crippen LogP contribution in [0.1, 0.15) is 29.8 Å². The van der Waals surface area contributed by atoms with E-state index >= 15 is 0 Å². The molecule has 8 nitrogen and oxygen atoms in total. The first-order valence-corrected chi connectivity index (χ1v) is 9.13. The van der Waals surface area contributed by atoms with Crippen LogP contribution in [0.3, 0.4) is 0 Å². The summed E-state index contributed by atoms with van der Waals surface area (Å²) in [5, 5.41) is 2.86. The van der Waals surface area contributed by atoms with Crippen LogP contribution in [-0.4, -0.2) is 26.5 Å². The van der Waals surface area contributed by atoms with Gasteiger partial charge in [0.25, 0.3) is 0 Å². The van der Waals surface area contributed by atoms with E-state index in [1.165, 1.54) is 18.2 Å². The number of Topliss-reactive ketones (excluding diaryl/α,β-unsaturated/α-hetero) is 1. The Labute approximate surface area is 138 Å². The molecule has 3 N–H and O–H groups in total. The van der Waals surface area contributed by atoms with E-state index in [1.54, 1.807) is 0 Å². The number of amides is 2. The van der Waals surface area contributed by atoms with E-state index in [4.69, 9.17) is 14.3 Å². The molecule has 9 heteroatoms. The van der Waals surface area contributed by atoms with E-state index in [0.29, 0.717) is 5.39 Å². The topological polar surface area (TPSA) is 129 Å². The summed E-state index contributed by atoms with van der Waals surface area (Å²) in [6.45, 7) is 0. The quantitative estimate of drug-likeness (QED) is 0.627. The third-order valence-corrected chi connectivity index (χ3v) is 4.35. The summed E-state index contributed by atoms with van der Waals surface area (Å²) in [5.41, 5.74) is 5.59. The first kappa shape index (κ1) is 16.3. The summed E-state index contributed by atoms with van der Waals surface area (Å²) in [6.07, 6.45) is 3.44. The van der Waals surface area contributed by atoms with E-state index < -0.39 is 16.1 Å². The first-order chi connectivity index (χ1) is 11.2. The molecule has 1 heterocycles. The lowest BCUT2D eigenvalue weighted by Gasteiger charge is -2.22. The van der Waals surface area contributed by atoms with Gasteiger partial charge in [0, 0.05) is 17.4 Å². The fourth-order valence-electron chi connectivity index (χ4n) is 2.58. The maximum absolute atomic E-state index is 12.5. The maximum atomic E-state index is 12.5. The van der Waals surface area contributed by atoms with Crippen molar-refractivity contribution in [2.24, 2.45) is 11.7 Å². The second-order valence-corrected chi connectivity index (χ2v) is 7.31. The molecule has 0 unspecified atom stereocenters. The molecule has 3 rings (SSSR count). The molecule has 1 fully saturated rings. The van der Waals surface area contributed by atoms with Crippen LogP contribution in [0, 0.1) is 5.92 Å². The number of carbonyl (C=O) groups is 2. The predicted octanol–water partition coefficient (Wildman–Crippen LogP) is 2.24. The summed E-state index contributed by atoms with van der Waals surface area (Å²) >= 11 is 0. The van der Waals surface area contributed by atoms with Crippen LogP contribution in [-0.2, 0) is 10.1 Å². The van der Waals surface area contributed by atoms with Gasteiger partial charge >= 0.3 is 16.1 Å². The normalized spacial score (nSPS) is 15.0. The summed E-state index contributed by atoms with van der Waals surface area (Å²) in [5.74, 6) is -0.269. The number of anilines is 1. The predicted molar refractivity (Wildman–Crippen MR) is 86.6 cm³/mol. The molecule has 0 spiro atoms. The van der Waals surface area contributed by atoms with Crippen molar-refractivity contribution in [1.82, 2.24) is 0 Å². The van der Waals surface area contributed by atoms with Crippen molar-refractivity contribution < 1.29 is 26.6 Å². The van der Waals surface area contributed by atoms with Gasteiger partial charge in [-0.05, 0) is 25.0 Å². The molecule has 1 aromatic carbocycles. The van der Waals surface area contributed by atoms with E-state index in [1.807, 2.05) is 0 Å². The molecule has 0 atom stereocenters. The Bertz CT molecular complexity index is 927. The minimum absolute atomic E-state index is 0.0185. The third kappa shape index (κ3) is 3.21. The summed E-state index contributed by atoms with van der Waals surface area (Å²) < 4.78 is 32.8. The zero-order valence-corrected chi connectivity index (χ0v) is 13.7. The number of nitrogens with one attached hydrogen (secondary N) is 1. The summed E-state index contributed by atoms with van der Waals surface area (Å²) in [7, 11) is -3.69. The number of carbonyl (C=O) groups excluding carboxylic acids is 2. The first-order valence-electron chi connectivity index (χ1n) is 7.31. The van der Waals surface area contributed by atoms with Crippen LogP contribution in [0.5, 0.6) is 5.75 Å². The molecular formula is C15H16N2O6S. The fourth-order valence-corrected chi connectivity index (χ4v) is 3.03. The Morgan fingerprint density at radius 3 is 2.58 bits per heavy atom. The lowest BCUT2D eigenvalue weighted by atomic mass is 9.81. The molecule has 2 aromatic rings. The van der Waals surface area contributed by atoms with Crippen LogP contribution in [0.2, 0.25) is 0 Å². The molecule has 1 saturated carbocycles. The number of furan rings is 1. The number of fused-ring (bicyclic) bond motifs is 1. The van der Waals surface area contributed by atoms with Gasteiger partial charge in [0.2, 0.25) is 5.78 Å². The van der Waals surface area contributed by atoms with Gasteiger partial charge in [-0.15, -0.1) is 0 Å². The maximum Gasteiger partial charge on any atom is 0.316 e. The van der Waals surface area contributed by atoms with Crippen LogP contribution >= 0.6 is 0 Å². The van der Waals surface area contributed by atoms with Crippen LogP contribution in [0.15, 0.2) is 22.6 Å². The number of benzene rings is 1. The number of primary amides is 1. The Morgan fingerprint density at radius 2 is 2.04 bits per heavy atom. The number of urea groups is 1. The zero-order chi connectivity index (χ0) is 17.5. The van der Waals surface area contributed by atoms with Crippen molar-refractivity contribution in [2.45, 2.75) is 19.3 Å². The monoisotopic (exact) mass is 352 g/mol. The highest BCUT2D eigenvalue weighted by Crippen LogP contribution is 2.38. The highest BCUT2D eigenvalue weighted by atomic mass is 32.2. The van der Waals surface area contributed by atoms with E-state index in [9.17, 15) is 18.0 Å². The van der Waals surface area contributed by atoms with Crippen molar-refractivity contribution in [3.05, 3.63) is 24.0 Å². The van der Waals surface area contributed by atoms with Gasteiger partial charge in [0.1, 0.15) is 17.0 Å². The van der Waals surface area contributed by atoms with Gasteiger partial charge in [-0.1, -0.05) is 6.42 Å². The van der Waals surface area contributed by atoms with Gasteiger partial charge in [0.15, 0.2) is 5.76 Å². The zero-order valence-electron chi connectivity index (χ0n) is 12.9. The molecule has 0 aliphatic heterocycles. The highest BCUT2D eigenvalue weighted by molar-refractivity contribution is 7.86. The minimum Gasteiger partial charge on any atom is -0.451 e. The molecular weight excluding hydrogens is 336 g/mol. The largest absolute Gasteiger partial charge is 0.451 e. The van der Waals surface area contributed by atoms with Gasteiger partial charge < -0.3 is 19.7 Å². The number of hydrogen-bond donors (Lipinski definition) is 2. The van der Waals surface area contributed by atoms with Crippen LogP contribution in [0.25, 0.3) is 11.0 Å². The van der Waals surface area contributed by atoms with Crippen molar-refractivity contribution in [3.8, 4) is 5.75 Å². The summed E-state index contributed by atoms with van der Waals surface area (Å²) in [4.78, 5) is 23.7. The Balaban J connectivity index is 2.08. The number of hydrogen-bond acceptors (Lipinski definition) is 6. The lowest BCUT2D eigenvalue weighted by molar-refractivity contribution is 0.0829. The fraction of sp³-hybridized carbons (Fsp3) is 0.333. The van der Waals surface area contributed by atoms with E-state index in [0.717, 1.165) is 25.5 Å². The molecule has 1 aromatic heterocycles. The van der Waals surface area contributed by atoms with Crippen molar-refractivity contribution in [2.75, 3.05) is 11.6 Å². The number of nitrogens with two attached hydrogens (primary N) is 1. The van der Waals surface area contributed by atoms with E-state index in [2.05, 4.69) is 5.32 Å². The van der Waals surface area contributed by atoms with Gasteiger partial charge in [0.05, 0.1) is 6.26 Å². The average molecular weight is 352 g/mol. The van der Waals surface area contributed by atoms with Gasteiger partial charge in [-0.25, -0.2) is 4.79 Å². The number of rotatable bonds is 5. The molecule has 0 bridgehead atoms. The summed E-state index contributed by atoms with van der Waals surface area (Å²) in [6, 6.07) is 3.43. The molecule has 0 radical (unpaired) electrons. The molecule has 0 saturated heterocycles.